The second kappa shape index (κ2) is 10.9. The first-order chi connectivity index (χ1) is 17.5. The molecule has 6 nitrogen and oxygen atoms in total. The summed E-state index contributed by atoms with van der Waals surface area (Å²) in [5.41, 5.74) is 9.58. The number of aliphatic hydroxyl groups excluding tert-OH is 1. The fraction of sp³-hybridized carbons (Fsp3) is 0.433. The lowest BCUT2D eigenvalue weighted by atomic mass is 9.94. The molecule has 3 aromatic rings. The van der Waals surface area contributed by atoms with Crippen molar-refractivity contribution in [3.05, 3.63) is 76.8 Å². The third kappa shape index (κ3) is 5.66. The Kier molecular flexibility index (Phi) is 7.44. The number of nitrogens with zero attached hydrogens (tertiary/aromatic N) is 1. The van der Waals surface area contributed by atoms with Gasteiger partial charge < -0.3 is 19.7 Å². The van der Waals surface area contributed by atoms with Crippen molar-refractivity contribution in [2.75, 3.05) is 13.2 Å². The molecule has 0 saturated heterocycles. The van der Waals surface area contributed by atoms with Gasteiger partial charge in [-0.25, -0.2) is 4.98 Å². The van der Waals surface area contributed by atoms with Gasteiger partial charge in [-0.1, -0.05) is 18.2 Å². The molecular formula is C30H37N3O3. The Labute approximate surface area is 213 Å². The van der Waals surface area contributed by atoms with Gasteiger partial charge in [0, 0.05) is 24.6 Å². The van der Waals surface area contributed by atoms with Crippen molar-refractivity contribution < 1.29 is 14.7 Å². The summed E-state index contributed by atoms with van der Waals surface area (Å²) in [5, 5.41) is 9.82. The Morgan fingerprint density at radius 1 is 1.11 bits per heavy atom. The van der Waals surface area contributed by atoms with Crippen molar-refractivity contribution in [2.24, 2.45) is 5.92 Å². The standard InChI is InChI=1S/C30H37N3O3/c1-19(2)35-29-7-5-4-6-25(29)26-17-28-27(16-20(26)3)32-30(33-28)24(14-15-34)22-10-12-23(13-11-22)36-31-18-21-8-9-21/h6-7,10-13,16-17,19,21,24,31,34H,4-5,8-9,14-15,18H2,1-3H3,(H,32,33). The van der Waals surface area contributed by atoms with E-state index >= 15 is 0 Å². The molecule has 1 unspecified atom stereocenters. The molecule has 1 fully saturated rings. The van der Waals surface area contributed by atoms with Gasteiger partial charge in [-0.05, 0) is 106 Å². The van der Waals surface area contributed by atoms with E-state index < -0.39 is 0 Å². The zero-order valence-electron chi connectivity index (χ0n) is 21.5. The monoisotopic (exact) mass is 487 g/mol. The van der Waals surface area contributed by atoms with E-state index in [9.17, 15) is 5.11 Å². The molecule has 0 radical (unpaired) electrons. The van der Waals surface area contributed by atoms with Crippen molar-refractivity contribution in [1.82, 2.24) is 15.4 Å². The van der Waals surface area contributed by atoms with Crippen LogP contribution < -0.4 is 10.3 Å². The van der Waals surface area contributed by atoms with E-state index in [0.29, 0.717) is 6.42 Å². The quantitative estimate of drug-likeness (QED) is 0.282. The minimum atomic E-state index is -0.0340. The molecule has 36 heavy (non-hydrogen) atoms. The number of aromatic nitrogens is 2. The first kappa shape index (κ1) is 24.6. The van der Waals surface area contributed by atoms with Crippen LogP contribution in [0.25, 0.3) is 16.6 Å². The Morgan fingerprint density at radius 3 is 2.61 bits per heavy atom. The summed E-state index contributed by atoms with van der Waals surface area (Å²) in [7, 11) is 0. The molecule has 1 aromatic heterocycles. The van der Waals surface area contributed by atoms with Gasteiger partial charge in [-0.2, -0.15) is 5.48 Å². The Morgan fingerprint density at radius 2 is 1.89 bits per heavy atom. The predicted octanol–water partition coefficient (Wildman–Crippen LogP) is 6.17. The normalized spacial score (nSPS) is 16.7. The third-order valence-corrected chi connectivity index (χ3v) is 6.90. The van der Waals surface area contributed by atoms with Crippen molar-refractivity contribution in [3.8, 4) is 5.75 Å². The maximum absolute atomic E-state index is 9.82. The SMILES string of the molecule is Cc1cc2[nH]c(C(CCO)c3ccc(ONCC4CC4)cc3)nc2cc1C1=CCCC=C1OC(C)C. The average Bonchev–Trinajstić information content (AvgIpc) is 3.60. The number of imidazole rings is 1. The summed E-state index contributed by atoms with van der Waals surface area (Å²) in [6, 6.07) is 12.4. The van der Waals surface area contributed by atoms with Gasteiger partial charge in [0.2, 0.25) is 0 Å². The van der Waals surface area contributed by atoms with E-state index in [1.54, 1.807) is 0 Å². The summed E-state index contributed by atoms with van der Waals surface area (Å²) in [4.78, 5) is 14.2. The number of aromatic amines is 1. The molecule has 3 N–H and O–H groups in total. The van der Waals surface area contributed by atoms with Gasteiger partial charge in [0.1, 0.15) is 17.3 Å². The summed E-state index contributed by atoms with van der Waals surface area (Å²) in [6.45, 7) is 7.24. The highest BCUT2D eigenvalue weighted by atomic mass is 16.6. The topological polar surface area (TPSA) is 79.4 Å². The number of ether oxygens (including phenoxy) is 1. The van der Waals surface area contributed by atoms with Crippen LogP contribution >= 0.6 is 0 Å². The van der Waals surface area contributed by atoms with Crippen LogP contribution in [0, 0.1) is 12.8 Å². The van der Waals surface area contributed by atoms with Crippen LogP contribution in [-0.4, -0.2) is 34.3 Å². The summed E-state index contributed by atoms with van der Waals surface area (Å²) >= 11 is 0. The van der Waals surface area contributed by atoms with Crippen molar-refractivity contribution in [1.29, 1.82) is 0 Å². The van der Waals surface area contributed by atoms with E-state index in [0.717, 1.165) is 70.4 Å². The van der Waals surface area contributed by atoms with Crippen LogP contribution in [0.1, 0.15) is 74.4 Å². The molecule has 1 atom stereocenters. The number of hydrogen-bond donors (Lipinski definition) is 3. The number of rotatable bonds is 11. The van der Waals surface area contributed by atoms with Gasteiger partial charge in [0.05, 0.1) is 17.1 Å². The zero-order chi connectivity index (χ0) is 25.1. The van der Waals surface area contributed by atoms with Crippen LogP contribution in [0.2, 0.25) is 0 Å². The first-order valence-electron chi connectivity index (χ1n) is 13.2. The lowest BCUT2D eigenvalue weighted by Crippen LogP contribution is -2.20. The maximum Gasteiger partial charge on any atom is 0.147 e. The molecule has 2 aromatic carbocycles. The Bertz CT molecular complexity index is 1250. The fourth-order valence-corrected chi connectivity index (χ4v) is 4.82. The maximum atomic E-state index is 9.82. The number of nitrogens with one attached hydrogen (secondary N) is 2. The number of fused-ring (bicyclic) bond motifs is 1. The Balaban J connectivity index is 1.40. The van der Waals surface area contributed by atoms with Crippen LogP contribution in [0.3, 0.4) is 0 Å². The third-order valence-electron chi connectivity index (χ3n) is 6.90. The van der Waals surface area contributed by atoms with Crippen LogP contribution in [0.4, 0.5) is 0 Å². The second-order valence-electron chi connectivity index (χ2n) is 10.3. The first-order valence-corrected chi connectivity index (χ1v) is 13.2. The van der Waals surface area contributed by atoms with Gasteiger partial charge in [0.25, 0.3) is 0 Å². The molecule has 2 aliphatic rings. The van der Waals surface area contributed by atoms with Crippen LogP contribution in [0.15, 0.2) is 54.3 Å². The minimum Gasteiger partial charge on any atom is -0.491 e. The molecule has 0 bridgehead atoms. The highest BCUT2D eigenvalue weighted by Gasteiger charge is 2.22. The van der Waals surface area contributed by atoms with Crippen molar-refractivity contribution >= 4 is 16.6 Å². The summed E-state index contributed by atoms with van der Waals surface area (Å²) in [5.74, 6) is 3.34. The highest BCUT2D eigenvalue weighted by Crippen LogP contribution is 2.35. The van der Waals surface area contributed by atoms with Crippen LogP contribution in [0.5, 0.6) is 5.75 Å². The molecule has 2 aliphatic carbocycles. The number of H-pyrrole nitrogens is 1. The summed E-state index contributed by atoms with van der Waals surface area (Å²) < 4.78 is 6.13. The number of aryl methyl sites for hydroxylation is 1. The summed E-state index contributed by atoms with van der Waals surface area (Å²) in [6.07, 6.45) is 9.78. The van der Waals surface area contributed by atoms with Crippen LogP contribution in [-0.2, 0) is 4.74 Å². The molecule has 6 heteroatoms. The number of hydrogen-bond acceptors (Lipinski definition) is 5. The number of aliphatic hydroxyl groups is 1. The zero-order valence-corrected chi connectivity index (χ0v) is 21.5. The molecule has 0 amide bonds. The Hall–Kier alpha value is -3.09. The van der Waals surface area contributed by atoms with Gasteiger partial charge >= 0.3 is 0 Å². The molecule has 190 valence electrons. The van der Waals surface area contributed by atoms with Gasteiger partial charge in [0.15, 0.2) is 0 Å². The van der Waals surface area contributed by atoms with Crippen molar-refractivity contribution in [3.63, 3.8) is 0 Å². The highest BCUT2D eigenvalue weighted by molar-refractivity contribution is 5.87. The number of benzene rings is 2. The van der Waals surface area contributed by atoms with Crippen molar-refractivity contribution in [2.45, 2.75) is 64.9 Å². The number of hydroxylamine groups is 1. The fourth-order valence-electron chi connectivity index (χ4n) is 4.82. The van der Waals surface area contributed by atoms with E-state index in [1.165, 1.54) is 18.4 Å². The van der Waals surface area contributed by atoms with E-state index in [-0.39, 0.29) is 18.6 Å². The lowest BCUT2D eigenvalue weighted by Gasteiger charge is -2.21. The van der Waals surface area contributed by atoms with E-state index in [4.69, 9.17) is 14.6 Å². The molecule has 0 spiro atoms. The number of allylic oxidation sites excluding steroid dienone is 3. The largest absolute Gasteiger partial charge is 0.491 e. The molecule has 1 saturated carbocycles. The molecule has 5 rings (SSSR count). The van der Waals surface area contributed by atoms with Gasteiger partial charge in [-0.3, -0.25) is 0 Å². The van der Waals surface area contributed by atoms with Gasteiger partial charge in [-0.15, -0.1) is 0 Å². The molecule has 0 aliphatic heterocycles. The average molecular weight is 488 g/mol. The molecule has 1 heterocycles. The smallest absolute Gasteiger partial charge is 0.147 e. The predicted molar refractivity (Wildman–Crippen MR) is 144 cm³/mol. The second-order valence-corrected chi connectivity index (χ2v) is 10.3. The van der Waals surface area contributed by atoms with E-state index in [2.05, 4.69) is 67.7 Å². The minimum absolute atomic E-state index is 0.0340. The molecular weight excluding hydrogens is 450 g/mol. The van der Waals surface area contributed by atoms with E-state index in [1.807, 2.05) is 12.1 Å². The lowest BCUT2D eigenvalue weighted by molar-refractivity contribution is 0.159.